The van der Waals surface area contributed by atoms with E-state index in [0.717, 1.165) is 55.6 Å². The molecule has 0 atom stereocenters. The second kappa shape index (κ2) is 11.0. The fraction of sp³-hybridized carbons (Fsp3) is 0.0270. The number of aromatic nitrogens is 4. The van der Waals surface area contributed by atoms with Gasteiger partial charge in [-0.25, -0.2) is 4.98 Å². The van der Waals surface area contributed by atoms with Crippen LogP contribution in [0.25, 0.3) is 50.0 Å². The smallest absolute Gasteiger partial charge is 0.268 e. The van der Waals surface area contributed by atoms with Gasteiger partial charge in [0.05, 0.1) is 16.7 Å². The average Bonchev–Trinajstić information content (AvgIpc) is 3.58. The Morgan fingerprint density at radius 2 is 1.47 bits per heavy atom. The van der Waals surface area contributed by atoms with Gasteiger partial charge < -0.3 is 13.9 Å². The summed E-state index contributed by atoms with van der Waals surface area (Å²) >= 11 is 0. The Morgan fingerprint density at radius 3 is 2.33 bits per heavy atom. The zero-order valence-electron chi connectivity index (χ0n) is 23.1. The molecule has 5 nitrogen and oxygen atoms in total. The van der Waals surface area contributed by atoms with Crippen molar-refractivity contribution in [2.75, 3.05) is 0 Å². The quantitative estimate of drug-likeness (QED) is 0.133. The Balaban J connectivity index is 0.00000300. The second-order valence-electron chi connectivity index (χ2n) is 10.2. The van der Waals surface area contributed by atoms with Crippen LogP contribution in [0, 0.1) is 25.4 Å². The molecule has 0 fully saturated rings. The van der Waals surface area contributed by atoms with Gasteiger partial charge in [-0.15, -0.1) is 29.7 Å². The number of aryl methyl sites for hydroxylation is 1. The minimum Gasteiger partial charge on any atom is -0.510 e. The van der Waals surface area contributed by atoms with Crippen LogP contribution in [0.15, 0.2) is 128 Å². The van der Waals surface area contributed by atoms with Gasteiger partial charge in [0.25, 0.3) is 6.33 Å². The van der Waals surface area contributed by atoms with Gasteiger partial charge in [-0.1, -0.05) is 66.2 Å². The normalized spacial score (nSPS) is 11.2. The molecule has 0 unspecified atom stereocenters. The van der Waals surface area contributed by atoms with Gasteiger partial charge in [-0.2, -0.15) is 18.2 Å². The monoisotopic (exact) mass is 735 g/mol. The number of hydrogen-bond donors (Lipinski definition) is 0. The molecule has 0 amide bonds. The van der Waals surface area contributed by atoms with E-state index in [1.165, 1.54) is 0 Å². The van der Waals surface area contributed by atoms with E-state index >= 15 is 0 Å². The first-order valence-electron chi connectivity index (χ1n) is 13.8. The number of imidazole rings is 1. The van der Waals surface area contributed by atoms with Crippen molar-refractivity contribution in [2.45, 2.75) is 6.92 Å². The number of rotatable bonds is 5. The largest absolute Gasteiger partial charge is 0.510 e. The van der Waals surface area contributed by atoms with E-state index in [1.807, 2.05) is 71.4 Å². The molecular formula is C37H24N4OPt-2. The number of fused-ring (bicyclic) bond motifs is 4. The maximum atomic E-state index is 6.38. The van der Waals surface area contributed by atoms with Crippen LogP contribution in [0.2, 0.25) is 0 Å². The molecule has 210 valence electrons. The predicted molar refractivity (Wildman–Crippen MR) is 165 cm³/mol. The topological polar surface area (TPSA) is 35.9 Å². The van der Waals surface area contributed by atoms with Crippen LogP contribution in [-0.4, -0.2) is 14.1 Å². The molecule has 8 rings (SSSR count). The molecule has 43 heavy (non-hydrogen) atoms. The van der Waals surface area contributed by atoms with Gasteiger partial charge in [0.1, 0.15) is 5.82 Å². The third kappa shape index (κ3) is 4.72. The van der Waals surface area contributed by atoms with E-state index in [9.17, 15) is 0 Å². The number of pyridine rings is 1. The number of benzene rings is 5. The van der Waals surface area contributed by atoms with Crippen LogP contribution in [-0.2, 0) is 21.1 Å². The number of para-hydroxylation sites is 4. The van der Waals surface area contributed by atoms with E-state index in [2.05, 4.69) is 100 Å². The average molecular weight is 736 g/mol. The molecule has 0 radical (unpaired) electrons. The Kier molecular flexibility index (Phi) is 6.88. The van der Waals surface area contributed by atoms with Crippen LogP contribution in [0.3, 0.4) is 0 Å². The Bertz CT molecular complexity index is 2250. The van der Waals surface area contributed by atoms with Crippen molar-refractivity contribution in [3.05, 3.63) is 152 Å². The summed E-state index contributed by atoms with van der Waals surface area (Å²) in [5, 5.41) is 2.24. The Labute approximate surface area is 263 Å². The van der Waals surface area contributed by atoms with E-state index in [0.29, 0.717) is 11.5 Å². The number of ether oxygens (including phenoxy) is 1. The van der Waals surface area contributed by atoms with E-state index in [1.54, 1.807) is 0 Å². The Hall–Kier alpha value is -4.99. The summed E-state index contributed by atoms with van der Waals surface area (Å²) in [6.07, 6.45) is 5.35. The van der Waals surface area contributed by atoms with Gasteiger partial charge in [0, 0.05) is 44.3 Å². The molecule has 0 aliphatic heterocycles. The summed E-state index contributed by atoms with van der Waals surface area (Å²) in [7, 11) is 0. The zero-order valence-corrected chi connectivity index (χ0v) is 25.4. The molecule has 0 saturated carbocycles. The van der Waals surface area contributed by atoms with Crippen LogP contribution in [0.1, 0.15) is 5.56 Å². The molecule has 3 aromatic heterocycles. The second-order valence-corrected chi connectivity index (χ2v) is 10.2. The standard InChI is InChI=1S/C37H24N4O.Pt/c1-26-20-21-38-37(22-26)41-33-15-6-5-14-31(33)32-19-18-30(24-36(32)41)42-29-13-9-12-28(23-29)40-25-39(27-10-3-2-4-11-27)34-16-7-8-17-35(34)40;/h2-22H,1H3;/q-2;. The molecule has 0 aliphatic rings. The molecule has 0 saturated heterocycles. The molecule has 0 spiro atoms. The van der Waals surface area contributed by atoms with E-state index in [4.69, 9.17) is 4.74 Å². The minimum atomic E-state index is 0. The fourth-order valence-electron chi connectivity index (χ4n) is 5.57. The molecule has 3 heterocycles. The Morgan fingerprint density at radius 1 is 0.698 bits per heavy atom. The summed E-state index contributed by atoms with van der Waals surface area (Å²) in [5.41, 5.74) is 7.09. The van der Waals surface area contributed by atoms with Crippen molar-refractivity contribution in [1.82, 2.24) is 14.1 Å². The van der Waals surface area contributed by atoms with Gasteiger partial charge >= 0.3 is 0 Å². The van der Waals surface area contributed by atoms with Crippen molar-refractivity contribution in [3.8, 4) is 28.7 Å². The maximum Gasteiger partial charge on any atom is 0.268 e. The summed E-state index contributed by atoms with van der Waals surface area (Å²) < 4.78 is 12.6. The molecule has 0 N–H and O–H groups in total. The summed E-state index contributed by atoms with van der Waals surface area (Å²) in [6.45, 7) is 2.08. The van der Waals surface area contributed by atoms with Gasteiger partial charge in [0.15, 0.2) is 0 Å². The van der Waals surface area contributed by atoms with Gasteiger partial charge in [0.2, 0.25) is 0 Å². The van der Waals surface area contributed by atoms with Crippen molar-refractivity contribution >= 4 is 32.8 Å². The molecule has 0 aliphatic carbocycles. The van der Waals surface area contributed by atoms with Crippen molar-refractivity contribution in [1.29, 1.82) is 0 Å². The molecule has 6 heteroatoms. The first-order valence-corrected chi connectivity index (χ1v) is 13.8. The molecule has 5 aromatic carbocycles. The third-order valence-electron chi connectivity index (χ3n) is 7.48. The fourth-order valence-corrected chi connectivity index (χ4v) is 5.57. The first kappa shape index (κ1) is 26.9. The van der Waals surface area contributed by atoms with Crippen LogP contribution < -0.4 is 9.30 Å². The first-order chi connectivity index (χ1) is 20.7. The van der Waals surface area contributed by atoms with Crippen molar-refractivity contribution in [2.24, 2.45) is 0 Å². The van der Waals surface area contributed by atoms with Crippen LogP contribution >= 0.6 is 0 Å². The van der Waals surface area contributed by atoms with Crippen molar-refractivity contribution < 1.29 is 30.4 Å². The molecular weight excluding hydrogens is 712 g/mol. The SMILES string of the molecule is Cc1ccnc(-n2c3[c-]c(Oc4[c-]c(-[n+]5[c-]n(-c6ccccc6)c6ccccc65)ccc4)ccc3c3ccccc32)c1.[Pt]. The van der Waals surface area contributed by atoms with Gasteiger partial charge in [-0.05, 0) is 53.9 Å². The molecule has 8 aromatic rings. The van der Waals surface area contributed by atoms with Crippen LogP contribution in [0.5, 0.6) is 11.5 Å². The number of nitrogens with zero attached hydrogens (tertiary/aromatic N) is 4. The van der Waals surface area contributed by atoms with Crippen LogP contribution in [0.4, 0.5) is 0 Å². The predicted octanol–water partition coefficient (Wildman–Crippen LogP) is 7.90. The summed E-state index contributed by atoms with van der Waals surface area (Å²) in [5.74, 6) is 2.05. The van der Waals surface area contributed by atoms with Crippen molar-refractivity contribution in [3.63, 3.8) is 0 Å². The summed E-state index contributed by atoms with van der Waals surface area (Å²) in [6, 6.07) is 47.9. The minimum absolute atomic E-state index is 0. The van der Waals surface area contributed by atoms with Gasteiger partial charge in [-0.3, -0.25) is 4.57 Å². The molecule has 0 bridgehead atoms. The third-order valence-corrected chi connectivity index (χ3v) is 7.48. The zero-order chi connectivity index (χ0) is 28.0. The maximum absolute atomic E-state index is 6.38. The summed E-state index contributed by atoms with van der Waals surface area (Å²) in [4.78, 5) is 4.68. The van der Waals surface area contributed by atoms with E-state index < -0.39 is 0 Å². The van der Waals surface area contributed by atoms with E-state index in [-0.39, 0.29) is 21.1 Å². The number of hydrogen-bond acceptors (Lipinski definition) is 2.